The van der Waals surface area contributed by atoms with Crippen LogP contribution in [0.15, 0.2) is 29.1 Å². The van der Waals surface area contributed by atoms with Gasteiger partial charge in [0, 0.05) is 44.9 Å². The number of rotatable bonds is 9. The Morgan fingerprint density at radius 2 is 1.97 bits per heavy atom. The number of aromatic amines is 1. The molecule has 0 saturated carbocycles. The standard InChI is InChI=1S/C21H27N7O6/c1-27(10-13-9-23-17-16(28(13)2)19(32)26-21(22)25-17)12-5-3-11(4-6-12)18(31)24-14(20(33)34)7-8-15(29)30/h3-6,13-14H,7-10H2,1-2H3,(H,24,31)(H,29,30)(H,33,34)(H4,22,23,25,26,32)/t13-,14+/m1/s1. The smallest absolute Gasteiger partial charge is 0.326 e. The van der Waals surface area contributed by atoms with Crippen molar-refractivity contribution >= 4 is 41.0 Å². The van der Waals surface area contributed by atoms with Crippen LogP contribution in [0.5, 0.6) is 0 Å². The summed E-state index contributed by atoms with van der Waals surface area (Å²) in [4.78, 5) is 57.2. The van der Waals surface area contributed by atoms with Gasteiger partial charge in [-0.2, -0.15) is 4.98 Å². The maximum Gasteiger partial charge on any atom is 0.326 e. The fraction of sp³-hybridized carbons (Fsp3) is 0.381. The van der Waals surface area contributed by atoms with Gasteiger partial charge in [-0.25, -0.2) is 4.79 Å². The van der Waals surface area contributed by atoms with Crippen molar-refractivity contribution < 1.29 is 24.6 Å². The Balaban J connectivity index is 1.64. The van der Waals surface area contributed by atoms with Crippen molar-refractivity contribution in [1.29, 1.82) is 0 Å². The third kappa shape index (κ3) is 5.54. The summed E-state index contributed by atoms with van der Waals surface area (Å²) in [5, 5.41) is 23.4. The summed E-state index contributed by atoms with van der Waals surface area (Å²) in [7, 11) is 3.68. The Morgan fingerprint density at radius 1 is 1.29 bits per heavy atom. The largest absolute Gasteiger partial charge is 0.481 e. The number of benzene rings is 1. The molecule has 0 spiro atoms. The molecule has 0 aliphatic carbocycles. The molecule has 7 N–H and O–H groups in total. The van der Waals surface area contributed by atoms with Gasteiger partial charge >= 0.3 is 11.9 Å². The number of carbonyl (C=O) groups excluding carboxylic acids is 1. The highest BCUT2D eigenvalue weighted by atomic mass is 16.4. The van der Waals surface area contributed by atoms with E-state index in [0.717, 1.165) is 5.69 Å². The van der Waals surface area contributed by atoms with Crippen LogP contribution in [0, 0.1) is 0 Å². The van der Waals surface area contributed by atoms with Crippen LogP contribution in [0.4, 0.5) is 23.1 Å². The number of fused-ring (bicyclic) bond motifs is 1. The number of aliphatic carboxylic acids is 2. The Kier molecular flexibility index (Phi) is 7.24. The third-order valence-electron chi connectivity index (χ3n) is 5.62. The van der Waals surface area contributed by atoms with E-state index in [1.165, 1.54) is 0 Å². The van der Waals surface area contributed by atoms with Gasteiger partial charge in [-0.15, -0.1) is 0 Å². The molecule has 13 nitrogen and oxygen atoms in total. The van der Waals surface area contributed by atoms with Crippen molar-refractivity contribution in [1.82, 2.24) is 15.3 Å². The fourth-order valence-electron chi connectivity index (χ4n) is 3.71. The van der Waals surface area contributed by atoms with E-state index < -0.39 is 23.9 Å². The Hall–Kier alpha value is -4.29. The molecule has 0 fully saturated rings. The normalized spacial score (nSPS) is 15.6. The lowest BCUT2D eigenvalue weighted by molar-refractivity contribution is -0.140. The van der Waals surface area contributed by atoms with Gasteiger partial charge in [0.2, 0.25) is 5.95 Å². The van der Waals surface area contributed by atoms with Crippen molar-refractivity contribution in [3.8, 4) is 0 Å². The van der Waals surface area contributed by atoms with E-state index in [1.807, 2.05) is 23.9 Å². The van der Waals surface area contributed by atoms with Crippen LogP contribution >= 0.6 is 0 Å². The van der Waals surface area contributed by atoms with Crippen molar-refractivity contribution in [3.63, 3.8) is 0 Å². The number of nitrogen functional groups attached to an aromatic ring is 1. The molecule has 2 atom stereocenters. The first-order chi connectivity index (χ1) is 16.1. The van der Waals surface area contributed by atoms with Crippen LogP contribution < -0.4 is 31.7 Å². The quantitative estimate of drug-likeness (QED) is 0.281. The number of H-pyrrole nitrogens is 1. The molecule has 1 aliphatic heterocycles. The number of nitrogens with two attached hydrogens (primary N) is 1. The minimum Gasteiger partial charge on any atom is -0.481 e. The summed E-state index contributed by atoms with van der Waals surface area (Å²) in [5.74, 6) is -2.57. The molecule has 0 saturated heterocycles. The first-order valence-corrected chi connectivity index (χ1v) is 10.5. The Labute approximate surface area is 194 Å². The number of likely N-dealkylation sites (N-methyl/N-ethyl adjacent to an activating group) is 2. The molecule has 1 amide bonds. The zero-order valence-corrected chi connectivity index (χ0v) is 18.7. The van der Waals surface area contributed by atoms with E-state index in [1.54, 1.807) is 24.3 Å². The molecule has 0 radical (unpaired) electrons. The first kappa shape index (κ1) is 24.4. The molecule has 13 heteroatoms. The highest BCUT2D eigenvalue weighted by Crippen LogP contribution is 2.26. The first-order valence-electron chi connectivity index (χ1n) is 10.5. The number of hydrogen-bond donors (Lipinski definition) is 6. The van der Waals surface area contributed by atoms with Gasteiger partial charge in [0.05, 0.1) is 6.04 Å². The van der Waals surface area contributed by atoms with Crippen LogP contribution in [0.1, 0.15) is 23.2 Å². The van der Waals surface area contributed by atoms with E-state index >= 15 is 0 Å². The van der Waals surface area contributed by atoms with Crippen molar-refractivity contribution in [3.05, 3.63) is 40.2 Å². The predicted molar refractivity (Wildman–Crippen MR) is 125 cm³/mol. The number of anilines is 4. The summed E-state index contributed by atoms with van der Waals surface area (Å²) >= 11 is 0. The highest BCUT2D eigenvalue weighted by Gasteiger charge is 2.28. The number of hydrogen-bond acceptors (Lipinski definition) is 9. The lowest BCUT2D eigenvalue weighted by Crippen LogP contribution is -2.50. The Bertz CT molecular complexity index is 1130. The minimum atomic E-state index is -1.30. The van der Waals surface area contributed by atoms with E-state index in [0.29, 0.717) is 24.6 Å². The van der Waals surface area contributed by atoms with Crippen LogP contribution in [0.2, 0.25) is 0 Å². The van der Waals surface area contributed by atoms with Gasteiger partial charge in [-0.05, 0) is 30.7 Å². The van der Waals surface area contributed by atoms with Gasteiger partial charge < -0.3 is 36.4 Å². The SMILES string of the molecule is CN(C[C@H]1CNc2nc(N)[nH]c(=O)c2N1C)c1ccc(C(=O)N[C@@H](CCC(=O)O)C(=O)O)cc1. The van der Waals surface area contributed by atoms with Gasteiger partial charge in [0.1, 0.15) is 11.7 Å². The zero-order chi connectivity index (χ0) is 25.0. The molecule has 1 aromatic heterocycles. The Morgan fingerprint density at radius 3 is 2.59 bits per heavy atom. The summed E-state index contributed by atoms with van der Waals surface area (Å²) in [6.45, 7) is 1.09. The molecule has 2 heterocycles. The van der Waals surface area contributed by atoms with Crippen molar-refractivity contribution in [2.75, 3.05) is 48.0 Å². The molecular formula is C21H27N7O6. The molecule has 0 bridgehead atoms. The third-order valence-corrected chi connectivity index (χ3v) is 5.62. The number of amides is 1. The maximum absolute atomic E-state index is 12.4. The molecule has 34 heavy (non-hydrogen) atoms. The van der Waals surface area contributed by atoms with Gasteiger partial charge in [0.25, 0.3) is 11.5 Å². The second kappa shape index (κ2) is 10.1. The summed E-state index contributed by atoms with van der Waals surface area (Å²) in [6.07, 6.45) is -0.584. The van der Waals surface area contributed by atoms with Crippen LogP contribution in [-0.4, -0.2) is 77.3 Å². The van der Waals surface area contributed by atoms with E-state index in [4.69, 9.17) is 10.8 Å². The molecule has 182 valence electrons. The van der Waals surface area contributed by atoms with Crippen molar-refractivity contribution in [2.24, 2.45) is 0 Å². The highest BCUT2D eigenvalue weighted by molar-refractivity contribution is 5.97. The number of nitrogens with zero attached hydrogens (tertiary/aromatic N) is 3. The topological polar surface area (TPSA) is 194 Å². The molecule has 0 unspecified atom stereocenters. The second-order valence-corrected chi connectivity index (χ2v) is 8.02. The number of carbonyl (C=O) groups is 3. The second-order valence-electron chi connectivity index (χ2n) is 8.02. The minimum absolute atomic E-state index is 0.0425. The molecule has 1 aliphatic rings. The van der Waals surface area contributed by atoms with Crippen LogP contribution in [0.3, 0.4) is 0 Å². The monoisotopic (exact) mass is 473 g/mol. The van der Waals surface area contributed by atoms with Crippen LogP contribution in [0.25, 0.3) is 0 Å². The van der Waals surface area contributed by atoms with Crippen LogP contribution in [-0.2, 0) is 9.59 Å². The number of aromatic nitrogens is 2. The van der Waals surface area contributed by atoms with Gasteiger partial charge in [-0.3, -0.25) is 19.4 Å². The summed E-state index contributed by atoms with van der Waals surface area (Å²) < 4.78 is 0. The summed E-state index contributed by atoms with van der Waals surface area (Å²) in [6, 6.07) is 5.22. The lowest BCUT2D eigenvalue weighted by atomic mass is 10.1. The average molecular weight is 473 g/mol. The van der Waals surface area contributed by atoms with Gasteiger partial charge in [-0.1, -0.05) is 0 Å². The van der Waals surface area contributed by atoms with E-state index in [9.17, 15) is 24.3 Å². The lowest BCUT2D eigenvalue weighted by Gasteiger charge is -2.37. The predicted octanol–water partition coefficient (Wildman–Crippen LogP) is -0.233. The van der Waals surface area contributed by atoms with Crippen molar-refractivity contribution in [2.45, 2.75) is 24.9 Å². The fourth-order valence-corrected chi connectivity index (χ4v) is 3.71. The number of carboxylic acid groups (broad SMARTS) is 2. The number of carboxylic acids is 2. The number of nitrogens with one attached hydrogen (secondary N) is 3. The molecule has 3 rings (SSSR count). The van der Waals surface area contributed by atoms with E-state index in [-0.39, 0.29) is 36.0 Å². The molecular weight excluding hydrogens is 446 g/mol. The maximum atomic E-state index is 12.4. The van der Waals surface area contributed by atoms with E-state index in [2.05, 4.69) is 20.6 Å². The van der Waals surface area contributed by atoms with Gasteiger partial charge in [0.15, 0.2) is 5.82 Å². The molecule has 2 aromatic rings. The summed E-state index contributed by atoms with van der Waals surface area (Å²) in [5.41, 5.74) is 6.74. The molecule has 1 aromatic carbocycles. The average Bonchev–Trinajstić information content (AvgIpc) is 2.77. The zero-order valence-electron chi connectivity index (χ0n) is 18.7.